The molecule has 3 heterocycles. The van der Waals surface area contributed by atoms with E-state index in [0.29, 0.717) is 17.4 Å². The third-order valence-electron chi connectivity index (χ3n) is 5.58. The summed E-state index contributed by atoms with van der Waals surface area (Å²) in [6.07, 6.45) is 12.2. The van der Waals surface area contributed by atoms with E-state index in [9.17, 15) is 0 Å². The summed E-state index contributed by atoms with van der Waals surface area (Å²) in [6, 6.07) is 19.7. The molecular weight excluding hydrogens is 410 g/mol. The van der Waals surface area contributed by atoms with Gasteiger partial charge in [-0.2, -0.15) is 0 Å². The highest BCUT2D eigenvalue weighted by molar-refractivity contribution is 5.56. The Balaban J connectivity index is 1.31. The van der Waals surface area contributed by atoms with E-state index in [4.69, 9.17) is 9.47 Å². The Bertz CT molecular complexity index is 1250. The summed E-state index contributed by atoms with van der Waals surface area (Å²) >= 11 is 0. The van der Waals surface area contributed by atoms with E-state index in [-0.39, 0.29) is 5.41 Å². The van der Waals surface area contributed by atoms with Crippen LogP contribution in [-0.4, -0.2) is 16.6 Å². The van der Waals surface area contributed by atoms with Crippen molar-refractivity contribution in [3.05, 3.63) is 109 Å². The number of nitrogens with zero attached hydrogens (tertiary/aromatic N) is 3. The SMILES string of the molecule is CC(C)(C)c1ccnc(Oc2cccc(Oc3cccc(N4C=C5C=CC=CN5C4)c3)c2)c1. The van der Waals surface area contributed by atoms with Crippen molar-refractivity contribution in [2.24, 2.45) is 0 Å². The molecular formula is C28H27N3O2. The fourth-order valence-corrected chi connectivity index (χ4v) is 3.77. The fourth-order valence-electron chi connectivity index (χ4n) is 3.77. The summed E-state index contributed by atoms with van der Waals surface area (Å²) in [5.41, 5.74) is 3.46. The van der Waals surface area contributed by atoms with Gasteiger partial charge in [0.25, 0.3) is 0 Å². The molecule has 0 saturated heterocycles. The van der Waals surface area contributed by atoms with Crippen LogP contribution in [0, 0.1) is 0 Å². The smallest absolute Gasteiger partial charge is 0.219 e. The van der Waals surface area contributed by atoms with Gasteiger partial charge in [-0.05, 0) is 53.5 Å². The Morgan fingerprint density at radius 3 is 2.36 bits per heavy atom. The van der Waals surface area contributed by atoms with E-state index in [2.05, 4.69) is 66.2 Å². The number of anilines is 1. The first-order chi connectivity index (χ1) is 15.9. The van der Waals surface area contributed by atoms with Gasteiger partial charge in [0.2, 0.25) is 5.88 Å². The summed E-state index contributed by atoms with van der Waals surface area (Å²) in [5, 5.41) is 0. The van der Waals surface area contributed by atoms with Gasteiger partial charge in [0.1, 0.15) is 17.2 Å². The third-order valence-corrected chi connectivity index (χ3v) is 5.58. The second kappa shape index (κ2) is 8.51. The zero-order valence-electron chi connectivity index (χ0n) is 19.1. The van der Waals surface area contributed by atoms with Crippen LogP contribution in [-0.2, 0) is 5.41 Å². The number of rotatable bonds is 5. The van der Waals surface area contributed by atoms with E-state index in [1.807, 2.05) is 60.7 Å². The fraction of sp³-hybridized carbons (Fsp3) is 0.179. The standard InChI is InChI=1S/C28H27N3O2/c1-28(2,3)21-13-14-29-27(16-21)33-26-12-7-11-25(18-26)32-24-10-6-9-22(17-24)31-19-23-8-4-5-15-30(23)20-31/h4-19H,20H2,1-3H3. The predicted octanol–water partition coefficient (Wildman–Crippen LogP) is 6.97. The van der Waals surface area contributed by atoms with Crippen LogP contribution < -0.4 is 14.4 Å². The first-order valence-corrected chi connectivity index (χ1v) is 11.1. The number of hydrogen-bond donors (Lipinski definition) is 0. The van der Waals surface area contributed by atoms with Gasteiger partial charge in [-0.1, -0.05) is 39.0 Å². The van der Waals surface area contributed by atoms with Crippen molar-refractivity contribution in [3.63, 3.8) is 0 Å². The average Bonchev–Trinajstić information content (AvgIpc) is 3.24. The van der Waals surface area contributed by atoms with Crippen LogP contribution in [0.1, 0.15) is 26.3 Å². The molecule has 3 aromatic rings. The van der Waals surface area contributed by atoms with Gasteiger partial charge in [0, 0.05) is 42.5 Å². The normalized spacial score (nSPS) is 14.8. The topological polar surface area (TPSA) is 37.8 Å². The average molecular weight is 438 g/mol. The quantitative estimate of drug-likeness (QED) is 0.431. The maximum absolute atomic E-state index is 6.16. The zero-order chi connectivity index (χ0) is 22.8. The number of hydrogen-bond acceptors (Lipinski definition) is 5. The van der Waals surface area contributed by atoms with Crippen molar-refractivity contribution >= 4 is 5.69 Å². The summed E-state index contributed by atoms with van der Waals surface area (Å²) in [6.45, 7) is 7.30. The monoisotopic (exact) mass is 437 g/mol. The van der Waals surface area contributed by atoms with E-state index in [0.717, 1.165) is 18.1 Å². The molecule has 0 saturated carbocycles. The van der Waals surface area contributed by atoms with Crippen LogP contribution in [0.4, 0.5) is 5.69 Å². The Labute approximate surface area is 194 Å². The minimum atomic E-state index is 0.0314. The maximum Gasteiger partial charge on any atom is 0.219 e. The molecule has 0 bridgehead atoms. The highest BCUT2D eigenvalue weighted by atomic mass is 16.5. The molecule has 0 N–H and O–H groups in total. The van der Waals surface area contributed by atoms with Crippen LogP contribution in [0.25, 0.3) is 0 Å². The van der Waals surface area contributed by atoms with Gasteiger partial charge in [-0.25, -0.2) is 4.98 Å². The molecule has 2 aromatic carbocycles. The number of benzene rings is 2. The lowest BCUT2D eigenvalue weighted by molar-refractivity contribution is 0.446. The predicted molar refractivity (Wildman–Crippen MR) is 132 cm³/mol. The van der Waals surface area contributed by atoms with Crippen LogP contribution in [0.15, 0.2) is 103 Å². The first kappa shape index (κ1) is 20.9. The maximum atomic E-state index is 6.16. The molecule has 0 fully saturated rings. The molecule has 2 aliphatic heterocycles. The van der Waals surface area contributed by atoms with Crippen LogP contribution in [0.5, 0.6) is 23.1 Å². The lowest BCUT2D eigenvalue weighted by Gasteiger charge is -2.21. The molecule has 0 atom stereocenters. The van der Waals surface area contributed by atoms with Crippen LogP contribution in [0.2, 0.25) is 0 Å². The van der Waals surface area contributed by atoms with Gasteiger partial charge in [-0.15, -0.1) is 0 Å². The molecule has 0 unspecified atom stereocenters. The zero-order valence-corrected chi connectivity index (χ0v) is 19.1. The Morgan fingerprint density at radius 1 is 0.818 bits per heavy atom. The summed E-state index contributed by atoms with van der Waals surface area (Å²) in [5.74, 6) is 2.73. The van der Waals surface area contributed by atoms with Crippen LogP contribution in [0.3, 0.4) is 0 Å². The molecule has 33 heavy (non-hydrogen) atoms. The summed E-state index contributed by atoms with van der Waals surface area (Å²) in [7, 11) is 0. The lowest BCUT2D eigenvalue weighted by atomic mass is 9.88. The number of pyridine rings is 1. The highest BCUT2D eigenvalue weighted by Crippen LogP contribution is 2.32. The van der Waals surface area contributed by atoms with Crippen molar-refractivity contribution in [1.82, 2.24) is 9.88 Å². The highest BCUT2D eigenvalue weighted by Gasteiger charge is 2.20. The minimum absolute atomic E-state index is 0.0314. The molecule has 5 rings (SSSR count). The van der Waals surface area contributed by atoms with Crippen molar-refractivity contribution in [2.45, 2.75) is 26.2 Å². The summed E-state index contributed by atoms with van der Waals surface area (Å²) < 4.78 is 12.2. The Morgan fingerprint density at radius 2 is 1.58 bits per heavy atom. The van der Waals surface area contributed by atoms with Gasteiger partial charge in [0.05, 0.1) is 12.4 Å². The van der Waals surface area contributed by atoms with E-state index >= 15 is 0 Å². The molecule has 5 heteroatoms. The number of aromatic nitrogens is 1. The van der Waals surface area contributed by atoms with E-state index < -0.39 is 0 Å². The van der Waals surface area contributed by atoms with E-state index in [1.54, 1.807) is 6.20 Å². The van der Waals surface area contributed by atoms with Gasteiger partial charge >= 0.3 is 0 Å². The molecule has 0 spiro atoms. The Kier molecular flexibility index (Phi) is 5.38. The molecule has 0 amide bonds. The van der Waals surface area contributed by atoms with Gasteiger partial charge < -0.3 is 19.3 Å². The van der Waals surface area contributed by atoms with Crippen molar-refractivity contribution in [3.8, 4) is 23.1 Å². The van der Waals surface area contributed by atoms with Crippen molar-refractivity contribution in [2.75, 3.05) is 11.6 Å². The second-order valence-corrected chi connectivity index (χ2v) is 9.14. The number of allylic oxidation sites excluding steroid dienone is 3. The molecule has 0 radical (unpaired) electrons. The van der Waals surface area contributed by atoms with E-state index in [1.165, 1.54) is 11.3 Å². The Hall–Kier alpha value is -3.99. The number of fused-ring (bicyclic) bond motifs is 1. The molecule has 166 valence electrons. The molecule has 2 aliphatic rings. The van der Waals surface area contributed by atoms with Crippen molar-refractivity contribution < 1.29 is 9.47 Å². The summed E-state index contributed by atoms with van der Waals surface area (Å²) in [4.78, 5) is 8.77. The third kappa shape index (κ3) is 4.77. The molecule has 0 aliphatic carbocycles. The minimum Gasteiger partial charge on any atom is -0.457 e. The lowest BCUT2D eigenvalue weighted by Crippen LogP contribution is -2.22. The van der Waals surface area contributed by atoms with Crippen LogP contribution >= 0.6 is 0 Å². The second-order valence-electron chi connectivity index (χ2n) is 9.14. The molecule has 1 aromatic heterocycles. The van der Waals surface area contributed by atoms with Crippen molar-refractivity contribution in [1.29, 1.82) is 0 Å². The van der Waals surface area contributed by atoms with Gasteiger partial charge in [0.15, 0.2) is 0 Å². The first-order valence-electron chi connectivity index (χ1n) is 11.1. The largest absolute Gasteiger partial charge is 0.457 e. The van der Waals surface area contributed by atoms with Gasteiger partial charge in [-0.3, -0.25) is 0 Å². The number of ether oxygens (including phenoxy) is 2. The molecule has 5 nitrogen and oxygen atoms in total.